The van der Waals surface area contributed by atoms with Crippen molar-refractivity contribution in [3.63, 3.8) is 0 Å². The number of anilines is 1. The van der Waals surface area contributed by atoms with Crippen molar-refractivity contribution in [3.05, 3.63) is 64.6 Å². The third kappa shape index (κ3) is 3.68. The average Bonchev–Trinajstić information content (AvgIpc) is 2.61. The van der Waals surface area contributed by atoms with Gasteiger partial charge >= 0.3 is 0 Å². The maximum Gasteiger partial charge on any atom is 0.262 e. The number of thioether (sulfide) groups is 1. The first-order valence-corrected chi connectivity index (χ1v) is 8.67. The predicted molar refractivity (Wildman–Crippen MR) is 98.0 cm³/mol. The third-order valence-corrected chi connectivity index (χ3v) is 4.67. The second-order valence-corrected chi connectivity index (χ2v) is 6.53. The molecule has 122 valence electrons. The average molecular weight is 338 g/mol. The molecule has 0 atom stereocenters. The Bertz CT molecular complexity index is 800. The van der Waals surface area contributed by atoms with Gasteiger partial charge in [-0.1, -0.05) is 49.0 Å². The largest absolute Gasteiger partial charge is 0.352 e. The topological polar surface area (TPSA) is 58.2 Å². The second-order valence-electron chi connectivity index (χ2n) is 5.44. The van der Waals surface area contributed by atoms with E-state index >= 15 is 0 Å². The minimum absolute atomic E-state index is 0.121. The van der Waals surface area contributed by atoms with Crippen molar-refractivity contribution in [1.29, 1.82) is 0 Å². The van der Waals surface area contributed by atoms with Gasteiger partial charge in [0.2, 0.25) is 0 Å². The summed E-state index contributed by atoms with van der Waals surface area (Å²) in [5, 5.41) is 5.71. The Hall–Kier alpha value is -2.53. The number of fused-ring (bicyclic) bond motifs is 1. The highest BCUT2D eigenvalue weighted by molar-refractivity contribution is 8.04. The number of carbonyl (C=O) groups is 2. The molecule has 4 nitrogen and oxygen atoms in total. The lowest BCUT2D eigenvalue weighted by Crippen LogP contribution is -2.24. The van der Waals surface area contributed by atoms with Gasteiger partial charge in [0.15, 0.2) is 0 Å². The Morgan fingerprint density at radius 1 is 1.21 bits per heavy atom. The smallest absolute Gasteiger partial charge is 0.262 e. The lowest BCUT2D eigenvalue weighted by molar-refractivity contribution is -0.112. The Kier molecular flexibility index (Phi) is 5.01. The van der Waals surface area contributed by atoms with Crippen LogP contribution in [0.5, 0.6) is 0 Å². The summed E-state index contributed by atoms with van der Waals surface area (Å²) in [6.45, 7) is 2.64. The molecule has 0 saturated carbocycles. The van der Waals surface area contributed by atoms with Gasteiger partial charge in [-0.15, -0.1) is 0 Å². The molecule has 1 heterocycles. The fourth-order valence-electron chi connectivity index (χ4n) is 2.34. The lowest BCUT2D eigenvalue weighted by atomic mass is 10.1. The van der Waals surface area contributed by atoms with E-state index in [1.165, 1.54) is 11.8 Å². The molecule has 0 bridgehead atoms. The van der Waals surface area contributed by atoms with E-state index in [0.29, 0.717) is 22.7 Å². The summed E-state index contributed by atoms with van der Waals surface area (Å²) in [5.41, 5.74) is 2.21. The van der Waals surface area contributed by atoms with Gasteiger partial charge in [0.1, 0.15) is 0 Å². The molecule has 24 heavy (non-hydrogen) atoms. The summed E-state index contributed by atoms with van der Waals surface area (Å²) >= 11 is 1.42. The normalized spacial score (nSPS) is 14.9. The summed E-state index contributed by atoms with van der Waals surface area (Å²) in [5.74, 6) is -0.271. The van der Waals surface area contributed by atoms with E-state index in [4.69, 9.17) is 0 Å². The summed E-state index contributed by atoms with van der Waals surface area (Å²) in [7, 11) is 0. The molecule has 0 spiro atoms. The molecule has 2 N–H and O–H groups in total. The van der Waals surface area contributed by atoms with Crippen LogP contribution in [0.1, 0.15) is 29.3 Å². The maximum absolute atomic E-state index is 12.3. The first-order valence-electron chi connectivity index (χ1n) is 7.85. The minimum atomic E-state index is -0.150. The number of hydrogen-bond acceptors (Lipinski definition) is 3. The monoisotopic (exact) mass is 338 g/mol. The van der Waals surface area contributed by atoms with Crippen LogP contribution in [0.25, 0.3) is 6.08 Å². The van der Waals surface area contributed by atoms with E-state index in [-0.39, 0.29) is 11.8 Å². The van der Waals surface area contributed by atoms with Gasteiger partial charge in [0.05, 0.1) is 10.6 Å². The molecule has 1 aliphatic rings. The lowest BCUT2D eigenvalue weighted by Gasteiger charge is -2.19. The highest BCUT2D eigenvalue weighted by Crippen LogP contribution is 2.39. The van der Waals surface area contributed by atoms with Crippen LogP contribution in [-0.2, 0) is 4.79 Å². The van der Waals surface area contributed by atoms with E-state index < -0.39 is 0 Å². The Morgan fingerprint density at radius 2 is 2.00 bits per heavy atom. The van der Waals surface area contributed by atoms with E-state index in [0.717, 1.165) is 16.9 Å². The van der Waals surface area contributed by atoms with Gasteiger partial charge in [0.25, 0.3) is 11.8 Å². The van der Waals surface area contributed by atoms with Gasteiger partial charge in [-0.05, 0) is 36.3 Å². The van der Waals surface area contributed by atoms with Crippen molar-refractivity contribution in [2.24, 2.45) is 0 Å². The predicted octanol–water partition coefficient (Wildman–Crippen LogP) is 3.91. The van der Waals surface area contributed by atoms with Gasteiger partial charge < -0.3 is 10.6 Å². The highest BCUT2D eigenvalue weighted by Gasteiger charge is 2.22. The molecule has 0 unspecified atom stereocenters. The Labute approximate surface area is 145 Å². The van der Waals surface area contributed by atoms with Crippen LogP contribution in [0, 0.1) is 0 Å². The molecule has 2 amide bonds. The summed E-state index contributed by atoms with van der Waals surface area (Å²) in [6, 6.07) is 15.1. The molecule has 0 aliphatic carbocycles. The Balaban J connectivity index is 1.83. The molecule has 2 aromatic carbocycles. The summed E-state index contributed by atoms with van der Waals surface area (Å²) in [6.07, 6.45) is 2.75. The first kappa shape index (κ1) is 16.3. The molecule has 3 rings (SSSR count). The number of benzene rings is 2. The molecule has 0 saturated heterocycles. The van der Waals surface area contributed by atoms with Crippen LogP contribution >= 0.6 is 11.8 Å². The number of amides is 2. The standard InChI is InChI=1S/C19H18N2O2S/c1-2-10-20-18(22)14-8-9-16-15(12-14)21-19(23)17(24-16)11-13-6-4-3-5-7-13/h3-9,11-12H,2,10H2,1H3,(H,20,22)(H,21,23). The summed E-state index contributed by atoms with van der Waals surface area (Å²) in [4.78, 5) is 25.9. The van der Waals surface area contributed by atoms with Crippen molar-refractivity contribution < 1.29 is 9.59 Å². The SMILES string of the molecule is CCCNC(=O)c1ccc2c(c1)NC(=O)C(=Cc1ccccc1)S2. The number of nitrogens with one attached hydrogen (secondary N) is 2. The fourth-order valence-corrected chi connectivity index (χ4v) is 3.27. The molecular weight excluding hydrogens is 320 g/mol. The van der Waals surface area contributed by atoms with Crippen molar-refractivity contribution in [2.75, 3.05) is 11.9 Å². The van der Waals surface area contributed by atoms with Crippen LogP contribution in [0.4, 0.5) is 5.69 Å². The molecule has 1 aliphatic heterocycles. The van der Waals surface area contributed by atoms with Crippen molar-refractivity contribution in [1.82, 2.24) is 5.32 Å². The van der Waals surface area contributed by atoms with E-state index in [9.17, 15) is 9.59 Å². The van der Waals surface area contributed by atoms with Crippen LogP contribution in [0.3, 0.4) is 0 Å². The molecule has 0 aromatic heterocycles. The van der Waals surface area contributed by atoms with Crippen LogP contribution in [-0.4, -0.2) is 18.4 Å². The van der Waals surface area contributed by atoms with Crippen molar-refractivity contribution in [3.8, 4) is 0 Å². The third-order valence-electron chi connectivity index (χ3n) is 3.57. The fraction of sp³-hybridized carbons (Fsp3) is 0.158. The van der Waals surface area contributed by atoms with Crippen LogP contribution in [0.2, 0.25) is 0 Å². The Morgan fingerprint density at radius 3 is 2.75 bits per heavy atom. The van der Waals surface area contributed by atoms with Crippen LogP contribution in [0.15, 0.2) is 58.3 Å². The number of hydrogen-bond donors (Lipinski definition) is 2. The van der Waals surface area contributed by atoms with Crippen molar-refractivity contribution >= 4 is 35.3 Å². The van der Waals surface area contributed by atoms with Gasteiger partial charge in [-0.3, -0.25) is 9.59 Å². The van der Waals surface area contributed by atoms with Gasteiger partial charge in [-0.25, -0.2) is 0 Å². The van der Waals surface area contributed by atoms with Gasteiger partial charge in [0, 0.05) is 17.0 Å². The first-order chi connectivity index (χ1) is 11.7. The molecule has 0 fully saturated rings. The quantitative estimate of drug-likeness (QED) is 0.831. The minimum Gasteiger partial charge on any atom is -0.352 e. The summed E-state index contributed by atoms with van der Waals surface area (Å²) < 4.78 is 0. The van der Waals surface area contributed by atoms with Crippen molar-refractivity contribution in [2.45, 2.75) is 18.2 Å². The number of carbonyl (C=O) groups excluding carboxylic acids is 2. The zero-order valence-corrected chi connectivity index (χ0v) is 14.2. The molecular formula is C19H18N2O2S. The molecule has 5 heteroatoms. The zero-order chi connectivity index (χ0) is 16.9. The van der Waals surface area contributed by atoms with E-state index in [2.05, 4.69) is 10.6 Å². The molecule has 2 aromatic rings. The maximum atomic E-state index is 12.3. The van der Waals surface area contributed by atoms with E-state index in [1.807, 2.05) is 49.4 Å². The molecule has 0 radical (unpaired) electrons. The van der Waals surface area contributed by atoms with E-state index in [1.54, 1.807) is 12.1 Å². The zero-order valence-electron chi connectivity index (χ0n) is 13.3. The van der Waals surface area contributed by atoms with Gasteiger partial charge in [-0.2, -0.15) is 0 Å². The number of rotatable bonds is 4. The second kappa shape index (κ2) is 7.36. The highest BCUT2D eigenvalue weighted by atomic mass is 32.2. The van der Waals surface area contributed by atoms with Crippen LogP contribution < -0.4 is 10.6 Å².